The van der Waals surface area contributed by atoms with Gasteiger partial charge in [-0.15, -0.1) is 0 Å². The van der Waals surface area contributed by atoms with Crippen LogP contribution in [0.3, 0.4) is 0 Å². The molecule has 0 radical (unpaired) electrons. The number of hydrogen-bond donors (Lipinski definition) is 3. The largest absolute Gasteiger partial charge is 0.396 e. The molecule has 0 saturated carbocycles. The number of rotatable bonds is 7. The van der Waals surface area contributed by atoms with E-state index in [0.717, 1.165) is 32.2 Å². The molecule has 0 fully saturated rings. The Labute approximate surface area is 89.7 Å². The molecule has 1 rings (SSSR count). The van der Waals surface area contributed by atoms with Crippen LogP contribution in [0.15, 0.2) is 12.3 Å². The summed E-state index contributed by atoms with van der Waals surface area (Å²) in [5, 5.41) is 11.7. The number of hydrogen-bond acceptors (Lipinski definition) is 5. The van der Waals surface area contributed by atoms with Crippen molar-refractivity contribution in [1.29, 1.82) is 0 Å². The van der Waals surface area contributed by atoms with Gasteiger partial charge in [-0.2, -0.15) is 4.98 Å². The third-order valence-corrected chi connectivity index (χ3v) is 2.05. The van der Waals surface area contributed by atoms with Crippen molar-refractivity contribution in [2.75, 3.05) is 24.2 Å². The van der Waals surface area contributed by atoms with Gasteiger partial charge in [0.25, 0.3) is 0 Å². The minimum absolute atomic E-state index is 0.283. The van der Waals surface area contributed by atoms with Crippen LogP contribution >= 0.6 is 0 Å². The fraction of sp³-hybridized carbons (Fsp3) is 0.600. The molecule has 1 heterocycles. The van der Waals surface area contributed by atoms with Crippen LogP contribution in [0.1, 0.15) is 25.7 Å². The van der Waals surface area contributed by atoms with E-state index in [4.69, 9.17) is 10.8 Å². The molecule has 5 heteroatoms. The molecule has 0 aliphatic heterocycles. The molecule has 0 atom stereocenters. The van der Waals surface area contributed by atoms with E-state index in [1.54, 1.807) is 12.3 Å². The van der Waals surface area contributed by atoms with Gasteiger partial charge in [0.1, 0.15) is 5.82 Å². The number of unbranched alkanes of at least 4 members (excludes halogenated alkanes) is 3. The fourth-order valence-corrected chi connectivity index (χ4v) is 1.25. The van der Waals surface area contributed by atoms with Gasteiger partial charge in [0, 0.05) is 19.3 Å². The molecule has 0 spiro atoms. The SMILES string of the molecule is Nc1ccnc(NCCCCCCO)n1. The number of nitrogen functional groups attached to an aromatic ring is 1. The summed E-state index contributed by atoms with van der Waals surface area (Å²) in [6.45, 7) is 1.13. The Kier molecular flexibility index (Phi) is 5.47. The molecule has 0 aliphatic rings. The molecule has 0 unspecified atom stereocenters. The highest BCUT2D eigenvalue weighted by atomic mass is 16.2. The second-order valence-corrected chi connectivity index (χ2v) is 3.37. The lowest BCUT2D eigenvalue weighted by Gasteiger charge is -2.04. The molecular weight excluding hydrogens is 192 g/mol. The maximum absolute atomic E-state index is 8.58. The van der Waals surface area contributed by atoms with E-state index in [0.29, 0.717) is 11.8 Å². The predicted octanol–water partition coefficient (Wildman–Crippen LogP) is 1.02. The molecule has 4 N–H and O–H groups in total. The Morgan fingerprint density at radius 1 is 1.27 bits per heavy atom. The number of aliphatic hydroxyl groups excluding tert-OH is 1. The number of nitrogens with zero attached hydrogens (tertiary/aromatic N) is 2. The summed E-state index contributed by atoms with van der Waals surface area (Å²) < 4.78 is 0. The molecule has 5 nitrogen and oxygen atoms in total. The van der Waals surface area contributed by atoms with E-state index in [2.05, 4.69) is 15.3 Å². The van der Waals surface area contributed by atoms with E-state index < -0.39 is 0 Å². The Hall–Kier alpha value is -1.36. The number of nitrogens with two attached hydrogens (primary N) is 1. The van der Waals surface area contributed by atoms with Gasteiger partial charge in [-0.1, -0.05) is 12.8 Å². The van der Waals surface area contributed by atoms with Crippen LogP contribution in [0.4, 0.5) is 11.8 Å². The second kappa shape index (κ2) is 7.00. The topological polar surface area (TPSA) is 84.1 Å². The summed E-state index contributed by atoms with van der Waals surface area (Å²) in [5.41, 5.74) is 5.51. The minimum Gasteiger partial charge on any atom is -0.396 e. The zero-order valence-corrected chi connectivity index (χ0v) is 8.82. The fourth-order valence-electron chi connectivity index (χ4n) is 1.25. The molecule has 15 heavy (non-hydrogen) atoms. The van der Waals surface area contributed by atoms with Crippen LogP contribution in [0.25, 0.3) is 0 Å². The highest BCUT2D eigenvalue weighted by Gasteiger charge is 1.95. The zero-order chi connectivity index (χ0) is 10.9. The monoisotopic (exact) mass is 210 g/mol. The summed E-state index contributed by atoms with van der Waals surface area (Å²) in [5.74, 6) is 1.06. The lowest BCUT2D eigenvalue weighted by molar-refractivity contribution is 0.283. The van der Waals surface area contributed by atoms with E-state index >= 15 is 0 Å². The molecular formula is C10H18N4O. The van der Waals surface area contributed by atoms with Crippen LogP contribution in [0, 0.1) is 0 Å². The molecule has 0 saturated heterocycles. The Morgan fingerprint density at radius 2 is 2.07 bits per heavy atom. The van der Waals surface area contributed by atoms with Crippen molar-refractivity contribution < 1.29 is 5.11 Å². The van der Waals surface area contributed by atoms with Crippen LogP contribution in [-0.4, -0.2) is 28.2 Å². The maximum Gasteiger partial charge on any atom is 0.224 e. The van der Waals surface area contributed by atoms with Gasteiger partial charge < -0.3 is 16.2 Å². The van der Waals surface area contributed by atoms with E-state index in [1.807, 2.05) is 0 Å². The first-order valence-electron chi connectivity index (χ1n) is 5.26. The summed E-state index contributed by atoms with van der Waals surface area (Å²) in [4.78, 5) is 8.05. The van der Waals surface area contributed by atoms with Gasteiger partial charge in [-0.3, -0.25) is 0 Å². The Balaban J connectivity index is 2.10. The van der Waals surface area contributed by atoms with Crippen LogP contribution in [-0.2, 0) is 0 Å². The first kappa shape index (κ1) is 11.7. The predicted molar refractivity (Wildman–Crippen MR) is 60.5 cm³/mol. The van der Waals surface area contributed by atoms with Gasteiger partial charge in [0.05, 0.1) is 0 Å². The van der Waals surface area contributed by atoms with E-state index in [1.165, 1.54) is 0 Å². The first-order valence-corrected chi connectivity index (χ1v) is 5.26. The molecule has 84 valence electrons. The van der Waals surface area contributed by atoms with Gasteiger partial charge >= 0.3 is 0 Å². The van der Waals surface area contributed by atoms with Crippen molar-refractivity contribution >= 4 is 11.8 Å². The standard InChI is InChI=1S/C10H18N4O/c11-9-5-7-13-10(14-9)12-6-3-1-2-4-8-15/h5,7,15H,1-4,6,8H2,(H3,11,12,13,14). The lowest BCUT2D eigenvalue weighted by atomic mass is 10.2. The van der Waals surface area contributed by atoms with Crippen molar-refractivity contribution in [3.63, 3.8) is 0 Å². The zero-order valence-electron chi connectivity index (χ0n) is 8.82. The second-order valence-electron chi connectivity index (χ2n) is 3.37. The maximum atomic E-state index is 8.58. The Morgan fingerprint density at radius 3 is 2.80 bits per heavy atom. The highest BCUT2D eigenvalue weighted by molar-refractivity contribution is 5.34. The molecule has 1 aromatic heterocycles. The van der Waals surface area contributed by atoms with Crippen molar-refractivity contribution in [2.24, 2.45) is 0 Å². The third kappa shape index (κ3) is 5.17. The van der Waals surface area contributed by atoms with Crippen molar-refractivity contribution in [1.82, 2.24) is 9.97 Å². The number of nitrogens with one attached hydrogen (secondary N) is 1. The number of aliphatic hydroxyl groups is 1. The average molecular weight is 210 g/mol. The summed E-state index contributed by atoms with van der Waals surface area (Å²) in [6, 6.07) is 1.66. The lowest BCUT2D eigenvalue weighted by Crippen LogP contribution is -2.06. The molecule has 0 bridgehead atoms. The van der Waals surface area contributed by atoms with Crippen molar-refractivity contribution in [2.45, 2.75) is 25.7 Å². The molecule has 1 aromatic rings. The van der Waals surface area contributed by atoms with E-state index in [9.17, 15) is 0 Å². The molecule has 0 amide bonds. The van der Waals surface area contributed by atoms with E-state index in [-0.39, 0.29) is 6.61 Å². The van der Waals surface area contributed by atoms with Crippen molar-refractivity contribution in [3.8, 4) is 0 Å². The van der Waals surface area contributed by atoms with Crippen LogP contribution < -0.4 is 11.1 Å². The molecule has 0 aliphatic carbocycles. The minimum atomic E-state index is 0.283. The van der Waals surface area contributed by atoms with Gasteiger partial charge in [0.2, 0.25) is 5.95 Å². The average Bonchev–Trinajstić information content (AvgIpc) is 2.23. The normalized spacial score (nSPS) is 10.2. The molecule has 0 aromatic carbocycles. The number of aromatic nitrogens is 2. The van der Waals surface area contributed by atoms with Crippen LogP contribution in [0.5, 0.6) is 0 Å². The summed E-state index contributed by atoms with van der Waals surface area (Å²) in [6.07, 6.45) is 5.75. The van der Waals surface area contributed by atoms with Crippen molar-refractivity contribution in [3.05, 3.63) is 12.3 Å². The summed E-state index contributed by atoms with van der Waals surface area (Å²) >= 11 is 0. The highest BCUT2D eigenvalue weighted by Crippen LogP contribution is 2.03. The van der Waals surface area contributed by atoms with Crippen LogP contribution in [0.2, 0.25) is 0 Å². The first-order chi connectivity index (χ1) is 7.33. The Bertz CT molecular complexity index is 280. The third-order valence-electron chi connectivity index (χ3n) is 2.05. The van der Waals surface area contributed by atoms with Gasteiger partial charge in [-0.05, 0) is 18.9 Å². The van der Waals surface area contributed by atoms with Gasteiger partial charge in [-0.25, -0.2) is 4.98 Å². The van der Waals surface area contributed by atoms with Gasteiger partial charge in [0.15, 0.2) is 0 Å². The number of anilines is 2. The quantitative estimate of drug-likeness (QED) is 0.585. The summed E-state index contributed by atoms with van der Waals surface area (Å²) in [7, 11) is 0. The smallest absolute Gasteiger partial charge is 0.224 e.